The van der Waals surface area contributed by atoms with Crippen LogP contribution in [0.3, 0.4) is 0 Å². The van der Waals surface area contributed by atoms with Gasteiger partial charge in [0.15, 0.2) is 6.61 Å². The van der Waals surface area contributed by atoms with E-state index >= 15 is 0 Å². The summed E-state index contributed by atoms with van der Waals surface area (Å²) < 4.78 is 5.10. The second-order valence-corrected chi connectivity index (χ2v) is 6.73. The maximum atomic E-state index is 12.2. The fourth-order valence-corrected chi connectivity index (χ4v) is 3.01. The molecule has 28 heavy (non-hydrogen) atoms. The van der Waals surface area contributed by atoms with E-state index in [1.165, 1.54) is 0 Å². The smallest absolute Gasteiger partial charge is 0.338 e. The molecule has 0 radical (unpaired) electrons. The van der Waals surface area contributed by atoms with Gasteiger partial charge in [-0.15, -0.1) is 0 Å². The molecular formula is C21H23N3O4. The standard InChI is InChI=1S/C21H23N3O4/c1-23(2)16-11-9-15(10-12-16)21(27)28-14-19(25)22-17-6-3-4-7-18(17)24-13-5-8-20(24)26/h3-4,6-7,9-12H,5,8,13-14H2,1-2H3,(H,22,25). The van der Waals surface area contributed by atoms with Gasteiger partial charge in [0.25, 0.3) is 5.91 Å². The number of hydrogen-bond donors (Lipinski definition) is 1. The van der Waals surface area contributed by atoms with Crippen molar-refractivity contribution in [3.05, 3.63) is 54.1 Å². The summed E-state index contributed by atoms with van der Waals surface area (Å²) in [5, 5.41) is 2.72. The van der Waals surface area contributed by atoms with Crippen molar-refractivity contribution in [2.24, 2.45) is 0 Å². The van der Waals surface area contributed by atoms with Crippen molar-refractivity contribution in [3.63, 3.8) is 0 Å². The van der Waals surface area contributed by atoms with Gasteiger partial charge < -0.3 is 19.9 Å². The summed E-state index contributed by atoms with van der Waals surface area (Å²) in [5.74, 6) is -0.991. The van der Waals surface area contributed by atoms with Crippen LogP contribution in [0.1, 0.15) is 23.2 Å². The lowest BCUT2D eigenvalue weighted by atomic mass is 10.2. The Bertz CT molecular complexity index is 877. The average molecular weight is 381 g/mol. The number of esters is 1. The monoisotopic (exact) mass is 381 g/mol. The highest BCUT2D eigenvalue weighted by Crippen LogP contribution is 2.29. The second kappa shape index (κ2) is 8.56. The number of nitrogens with one attached hydrogen (secondary N) is 1. The van der Waals surface area contributed by atoms with Crippen LogP contribution in [-0.4, -0.2) is 45.0 Å². The number of carbonyl (C=O) groups is 3. The number of amides is 2. The highest BCUT2D eigenvalue weighted by Gasteiger charge is 2.24. The van der Waals surface area contributed by atoms with Gasteiger partial charge in [0.05, 0.1) is 16.9 Å². The molecule has 0 saturated carbocycles. The molecule has 2 amide bonds. The molecule has 2 aromatic carbocycles. The number of carbonyl (C=O) groups excluding carboxylic acids is 3. The van der Waals surface area contributed by atoms with Crippen molar-refractivity contribution in [2.75, 3.05) is 42.4 Å². The first kappa shape index (κ1) is 19.4. The Morgan fingerprint density at radius 2 is 1.82 bits per heavy atom. The fraction of sp³-hybridized carbons (Fsp3) is 0.286. The molecule has 7 nitrogen and oxygen atoms in total. The zero-order valence-electron chi connectivity index (χ0n) is 16.0. The molecule has 1 N–H and O–H groups in total. The summed E-state index contributed by atoms with van der Waals surface area (Å²) in [7, 11) is 3.82. The van der Waals surface area contributed by atoms with Gasteiger partial charge in [0.1, 0.15) is 0 Å². The van der Waals surface area contributed by atoms with Crippen LogP contribution >= 0.6 is 0 Å². The summed E-state index contributed by atoms with van der Waals surface area (Å²) >= 11 is 0. The largest absolute Gasteiger partial charge is 0.452 e. The quantitative estimate of drug-likeness (QED) is 0.779. The van der Waals surface area contributed by atoms with Crippen molar-refractivity contribution in [3.8, 4) is 0 Å². The van der Waals surface area contributed by atoms with E-state index < -0.39 is 18.5 Å². The molecule has 3 rings (SSSR count). The molecule has 7 heteroatoms. The molecule has 1 saturated heterocycles. The topological polar surface area (TPSA) is 79.0 Å². The van der Waals surface area contributed by atoms with Gasteiger partial charge in [-0.2, -0.15) is 0 Å². The van der Waals surface area contributed by atoms with E-state index in [1.54, 1.807) is 47.4 Å². The highest BCUT2D eigenvalue weighted by molar-refractivity contribution is 6.02. The predicted molar refractivity (Wildman–Crippen MR) is 108 cm³/mol. The van der Waals surface area contributed by atoms with Crippen molar-refractivity contribution in [2.45, 2.75) is 12.8 Å². The van der Waals surface area contributed by atoms with Crippen LogP contribution in [-0.2, 0) is 14.3 Å². The van der Waals surface area contributed by atoms with E-state index in [1.807, 2.05) is 25.1 Å². The molecule has 146 valence electrons. The second-order valence-electron chi connectivity index (χ2n) is 6.73. The summed E-state index contributed by atoms with van der Waals surface area (Å²) in [4.78, 5) is 39.9. The summed E-state index contributed by atoms with van der Waals surface area (Å²) in [6.07, 6.45) is 1.30. The van der Waals surface area contributed by atoms with Gasteiger partial charge in [0, 0.05) is 32.7 Å². The molecule has 1 aliphatic rings. The maximum Gasteiger partial charge on any atom is 0.338 e. The zero-order chi connectivity index (χ0) is 20.1. The minimum atomic E-state index is -0.566. The minimum absolute atomic E-state index is 0.0364. The number of ether oxygens (including phenoxy) is 1. The molecule has 1 aliphatic heterocycles. The van der Waals surface area contributed by atoms with E-state index in [-0.39, 0.29) is 5.91 Å². The molecule has 0 aromatic heterocycles. The number of rotatable bonds is 6. The first-order valence-corrected chi connectivity index (χ1v) is 9.09. The molecule has 0 bridgehead atoms. The Morgan fingerprint density at radius 3 is 2.46 bits per heavy atom. The van der Waals surface area contributed by atoms with Crippen LogP contribution < -0.4 is 15.1 Å². The Labute approximate surface area is 163 Å². The van der Waals surface area contributed by atoms with Gasteiger partial charge >= 0.3 is 5.97 Å². The van der Waals surface area contributed by atoms with E-state index in [4.69, 9.17) is 4.74 Å². The van der Waals surface area contributed by atoms with Crippen molar-refractivity contribution in [1.29, 1.82) is 0 Å². The third-order valence-corrected chi connectivity index (χ3v) is 4.50. The van der Waals surface area contributed by atoms with E-state index in [0.29, 0.717) is 29.9 Å². The molecule has 1 fully saturated rings. The lowest BCUT2D eigenvalue weighted by Crippen LogP contribution is -2.27. The van der Waals surface area contributed by atoms with Gasteiger partial charge in [-0.1, -0.05) is 12.1 Å². The lowest BCUT2D eigenvalue weighted by molar-refractivity contribution is -0.119. The van der Waals surface area contributed by atoms with Gasteiger partial charge in [0.2, 0.25) is 5.91 Å². The third-order valence-electron chi connectivity index (χ3n) is 4.50. The van der Waals surface area contributed by atoms with Crippen molar-refractivity contribution in [1.82, 2.24) is 0 Å². The average Bonchev–Trinajstić information content (AvgIpc) is 3.12. The van der Waals surface area contributed by atoms with Crippen LogP contribution in [0.4, 0.5) is 17.1 Å². The number of anilines is 3. The predicted octanol–water partition coefficient (Wildman–Crippen LogP) is 2.67. The molecule has 2 aromatic rings. The molecule has 0 spiro atoms. The lowest BCUT2D eigenvalue weighted by Gasteiger charge is -2.19. The Morgan fingerprint density at radius 1 is 1.11 bits per heavy atom. The van der Waals surface area contributed by atoms with Crippen LogP contribution in [0.2, 0.25) is 0 Å². The summed E-state index contributed by atoms with van der Waals surface area (Å²) in [6, 6.07) is 14.0. The Hall–Kier alpha value is -3.35. The first-order chi connectivity index (χ1) is 13.5. The SMILES string of the molecule is CN(C)c1ccc(C(=O)OCC(=O)Nc2ccccc2N2CCCC2=O)cc1. The summed E-state index contributed by atoms with van der Waals surface area (Å²) in [6.45, 7) is 0.222. The minimum Gasteiger partial charge on any atom is -0.452 e. The van der Waals surface area contributed by atoms with Crippen molar-refractivity contribution < 1.29 is 19.1 Å². The Balaban J connectivity index is 1.59. The van der Waals surface area contributed by atoms with Gasteiger partial charge in [-0.3, -0.25) is 9.59 Å². The zero-order valence-corrected chi connectivity index (χ0v) is 16.0. The first-order valence-electron chi connectivity index (χ1n) is 9.09. The molecule has 0 aliphatic carbocycles. The van der Waals surface area contributed by atoms with E-state index in [9.17, 15) is 14.4 Å². The number of para-hydroxylation sites is 2. The molecule has 0 atom stereocenters. The normalized spacial score (nSPS) is 13.4. The molecular weight excluding hydrogens is 358 g/mol. The molecule has 1 heterocycles. The Kier molecular flexibility index (Phi) is 5.93. The van der Waals surface area contributed by atoms with Crippen LogP contribution in [0.15, 0.2) is 48.5 Å². The highest BCUT2D eigenvalue weighted by atomic mass is 16.5. The maximum absolute atomic E-state index is 12.2. The third kappa shape index (κ3) is 4.49. The number of hydrogen-bond acceptors (Lipinski definition) is 5. The van der Waals surface area contributed by atoms with Crippen LogP contribution in [0, 0.1) is 0 Å². The van der Waals surface area contributed by atoms with E-state index in [2.05, 4.69) is 5.32 Å². The van der Waals surface area contributed by atoms with Gasteiger partial charge in [-0.25, -0.2) is 4.79 Å². The number of nitrogens with zero attached hydrogens (tertiary/aromatic N) is 2. The van der Waals surface area contributed by atoms with E-state index in [0.717, 1.165) is 12.1 Å². The summed E-state index contributed by atoms with van der Waals surface area (Å²) in [5.41, 5.74) is 2.52. The number of benzene rings is 2. The fourth-order valence-electron chi connectivity index (χ4n) is 3.01. The van der Waals surface area contributed by atoms with Crippen LogP contribution in [0.25, 0.3) is 0 Å². The molecule has 0 unspecified atom stereocenters. The van der Waals surface area contributed by atoms with Crippen LogP contribution in [0.5, 0.6) is 0 Å². The van der Waals surface area contributed by atoms with Crippen molar-refractivity contribution >= 4 is 34.8 Å². The van der Waals surface area contributed by atoms with Gasteiger partial charge in [-0.05, 0) is 42.8 Å².